The minimum Gasteiger partial charge on any atom is -0.377 e. The number of halogens is 1. The van der Waals surface area contributed by atoms with Gasteiger partial charge in [0, 0.05) is 31.7 Å². The molecule has 0 amide bonds. The van der Waals surface area contributed by atoms with E-state index in [1.165, 1.54) is 12.1 Å². The van der Waals surface area contributed by atoms with Crippen molar-refractivity contribution in [3.05, 3.63) is 35.6 Å². The molecule has 1 heterocycles. The van der Waals surface area contributed by atoms with E-state index in [-0.39, 0.29) is 11.6 Å². The first kappa shape index (κ1) is 15.1. The molecule has 0 bridgehead atoms. The van der Waals surface area contributed by atoms with Crippen LogP contribution < -0.4 is 0 Å². The van der Waals surface area contributed by atoms with E-state index in [0.717, 1.165) is 39.1 Å². The quantitative estimate of drug-likeness (QED) is 0.719. The van der Waals surface area contributed by atoms with Gasteiger partial charge in [0.15, 0.2) is 5.78 Å². The predicted octanol–water partition coefficient (Wildman–Crippen LogP) is 2.90. The molecule has 0 unspecified atom stereocenters. The van der Waals surface area contributed by atoms with Gasteiger partial charge in [-0.1, -0.05) is 0 Å². The standard InChI is InChI=1S/C16H22FNO2/c1-2-20-15-9-11-18(12-15)10-3-4-16(19)13-5-7-14(17)8-6-13/h5-8,15H,2-4,9-12H2,1H3/t15-/m1/s1. The summed E-state index contributed by atoms with van der Waals surface area (Å²) in [6, 6.07) is 5.78. The second-order valence-electron chi connectivity index (χ2n) is 5.20. The van der Waals surface area contributed by atoms with Gasteiger partial charge in [0.05, 0.1) is 6.10 Å². The zero-order chi connectivity index (χ0) is 14.4. The van der Waals surface area contributed by atoms with Gasteiger partial charge in [-0.2, -0.15) is 0 Å². The van der Waals surface area contributed by atoms with Crippen molar-refractivity contribution in [1.29, 1.82) is 0 Å². The van der Waals surface area contributed by atoms with Crippen LogP contribution in [-0.4, -0.2) is 43.0 Å². The average molecular weight is 279 g/mol. The predicted molar refractivity (Wildman–Crippen MR) is 76.4 cm³/mol. The van der Waals surface area contributed by atoms with E-state index < -0.39 is 0 Å². The molecule has 1 fully saturated rings. The van der Waals surface area contributed by atoms with E-state index in [2.05, 4.69) is 4.90 Å². The summed E-state index contributed by atoms with van der Waals surface area (Å²) in [6.45, 7) is 5.73. The third kappa shape index (κ3) is 4.39. The molecule has 110 valence electrons. The molecular weight excluding hydrogens is 257 g/mol. The first-order valence-electron chi connectivity index (χ1n) is 7.31. The van der Waals surface area contributed by atoms with Crippen molar-refractivity contribution in [2.75, 3.05) is 26.2 Å². The number of ketones is 1. The number of ether oxygens (including phenoxy) is 1. The second kappa shape index (κ2) is 7.50. The Morgan fingerprint density at radius 3 is 2.85 bits per heavy atom. The van der Waals surface area contributed by atoms with Gasteiger partial charge in [-0.25, -0.2) is 4.39 Å². The molecule has 1 atom stereocenters. The third-order valence-corrected chi connectivity index (χ3v) is 3.68. The van der Waals surface area contributed by atoms with Crippen molar-refractivity contribution in [2.45, 2.75) is 32.3 Å². The van der Waals surface area contributed by atoms with Crippen LogP contribution in [0.3, 0.4) is 0 Å². The van der Waals surface area contributed by atoms with Crippen molar-refractivity contribution in [1.82, 2.24) is 4.90 Å². The highest BCUT2D eigenvalue weighted by Crippen LogP contribution is 2.14. The van der Waals surface area contributed by atoms with E-state index in [1.807, 2.05) is 6.92 Å². The van der Waals surface area contributed by atoms with Crippen LogP contribution in [0.5, 0.6) is 0 Å². The number of hydrogen-bond donors (Lipinski definition) is 0. The second-order valence-corrected chi connectivity index (χ2v) is 5.20. The van der Waals surface area contributed by atoms with Gasteiger partial charge in [0.25, 0.3) is 0 Å². The lowest BCUT2D eigenvalue weighted by Gasteiger charge is -2.15. The molecule has 20 heavy (non-hydrogen) atoms. The Kier molecular flexibility index (Phi) is 5.68. The van der Waals surface area contributed by atoms with Crippen LogP contribution in [-0.2, 0) is 4.74 Å². The van der Waals surface area contributed by atoms with Gasteiger partial charge in [-0.15, -0.1) is 0 Å². The summed E-state index contributed by atoms with van der Waals surface area (Å²) < 4.78 is 18.4. The number of benzene rings is 1. The van der Waals surface area contributed by atoms with Gasteiger partial charge in [0.2, 0.25) is 0 Å². The maximum absolute atomic E-state index is 12.8. The van der Waals surface area contributed by atoms with Crippen molar-refractivity contribution in [3.8, 4) is 0 Å². The average Bonchev–Trinajstić information content (AvgIpc) is 2.87. The fourth-order valence-corrected chi connectivity index (χ4v) is 2.62. The summed E-state index contributed by atoms with van der Waals surface area (Å²) in [5.41, 5.74) is 0.597. The third-order valence-electron chi connectivity index (χ3n) is 3.68. The van der Waals surface area contributed by atoms with E-state index >= 15 is 0 Å². The maximum Gasteiger partial charge on any atom is 0.162 e. The normalized spacial score (nSPS) is 19.4. The lowest BCUT2D eigenvalue weighted by Crippen LogP contribution is -2.24. The zero-order valence-corrected chi connectivity index (χ0v) is 12.0. The molecule has 0 saturated carbocycles. The Bertz CT molecular complexity index is 433. The Labute approximate surface area is 119 Å². The summed E-state index contributed by atoms with van der Waals surface area (Å²) in [5.74, 6) is -0.217. The molecule has 1 aliphatic heterocycles. The number of hydrogen-bond acceptors (Lipinski definition) is 3. The molecule has 1 aromatic carbocycles. The molecule has 0 aromatic heterocycles. The molecule has 0 radical (unpaired) electrons. The van der Waals surface area contributed by atoms with E-state index in [9.17, 15) is 9.18 Å². The number of carbonyl (C=O) groups excluding carboxylic acids is 1. The first-order chi connectivity index (χ1) is 9.69. The smallest absolute Gasteiger partial charge is 0.162 e. The van der Waals surface area contributed by atoms with Crippen LogP contribution >= 0.6 is 0 Å². The first-order valence-corrected chi connectivity index (χ1v) is 7.31. The van der Waals surface area contributed by atoms with Gasteiger partial charge in [0.1, 0.15) is 5.82 Å². The minimum absolute atomic E-state index is 0.0885. The number of Topliss-reactive ketones (excluding diaryl/α,β-unsaturated/α-hetero) is 1. The van der Waals surface area contributed by atoms with Crippen LogP contribution in [0.15, 0.2) is 24.3 Å². The summed E-state index contributed by atoms with van der Waals surface area (Å²) >= 11 is 0. The fraction of sp³-hybridized carbons (Fsp3) is 0.562. The van der Waals surface area contributed by atoms with E-state index in [1.54, 1.807) is 12.1 Å². The summed E-state index contributed by atoms with van der Waals surface area (Å²) in [5, 5.41) is 0. The van der Waals surface area contributed by atoms with Crippen molar-refractivity contribution in [3.63, 3.8) is 0 Å². The Balaban J connectivity index is 1.68. The van der Waals surface area contributed by atoms with Crippen LogP contribution in [0.2, 0.25) is 0 Å². The summed E-state index contributed by atoms with van der Waals surface area (Å²) in [7, 11) is 0. The fourth-order valence-electron chi connectivity index (χ4n) is 2.62. The van der Waals surface area contributed by atoms with Gasteiger partial charge in [-0.05, 0) is 50.6 Å². The van der Waals surface area contributed by atoms with Gasteiger partial charge < -0.3 is 9.64 Å². The van der Waals surface area contributed by atoms with Crippen molar-refractivity contribution >= 4 is 5.78 Å². The zero-order valence-electron chi connectivity index (χ0n) is 12.0. The molecule has 1 aromatic rings. The van der Waals surface area contributed by atoms with Gasteiger partial charge in [-0.3, -0.25) is 4.79 Å². The summed E-state index contributed by atoms with van der Waals surface area (Å²) in [4.78, 5) is 14.3. The molecule has 0 spiro atoms. The van der Waals surface area contributed by atoms with Crippen molar-refractivity contribution < 1.29 is 13.9 Å². The highest BCUT2D eigenvalue weighted by molar-refractivity contribution is 5.95. The molecule has 4 heteroatoms. The highest BCUT2D eigenvalue weighted by Gasteiger charge is 2.22. The molecule has 0 N–H and O–H groups in total. The lowest BCUT2D eigenvalue weighted by molar-refractivity contribution is 0.0687. The number of likely N-dealkylation sites (tertiary alicyclic amines) is 1. The monoisotopic (exact) mass is 279 g/mol. The largest absolute Gasteiger partial charge is 0.377 e. The van der Waals surface area contributed by atoms with Gasteiger partial charge >= 0.3 is 0 Å². The Morgan fingerprint density at radius 1 is 1.40 bits per heavy atom. The molecule has 1 saturated heterocycles. The lowest BCUT2D eigenvalue weighted by atomic mass is 10.1. The summed E-state index contributed by atoms with van der Waals surface area (Å²) in [6.07, 6.45) is 2.80. The Morgan fingerprint density at radius 2 is 2.15 bits per heavy atom. The van der Waals surface area contributed by atoms with E-state index in [0.29, 0.717) is 18.1 Å². The number of carbonyl (C=O) groups is 1. The molecule has 1 aliphatic rings. The topological polar surface area (TPSA) is 29.5 Å². The van der Waals surface area contributed by atoms with Crippen LogP contribution in [0, 0.1) is 5.82 Å². The number of nitrogens with zero attached hydrogens (tertiary/aromatic N) is 1. The number of rotatable bonds is 7. The van der Waals surface area contributed by atoms with Crippen LogP contribution in [0.1, 0.15) is 36.5 Å². The maximum atomic E-state index is 12.8. The van der Waals surface area contributed by atoms with Crippen LogP contribution in [0.4, 0.5) is 4.39 Å². The van der Waals surface area contributed by atoms with Crippen molar-refractivity contribution in [2.24, 2.45) is 0 Å². The molecule has 0 aliphatic carbocycles. The van der Waals surface area contributed by atoms with E-state index in [4.69, 9.17) is 4.74 Å². The SMILES string of the molecule is CCO[C@@H]1CCN(CCCC(=O)c2ccc(F)cc2)C1. The molecular formula is C16H22FNO2. The minimum atomic E-state index is -0.305. The molecule has 2 rings (SSSR count). The van der Waals surface area contributed by atoms with Crippen LogP contribution in [0.25, 0.3) is 0 Å². The highest BCUT2D eigenvalue weighted by atomic mass is 19.1. The molecule has 3 nitrogen and oxygen atoms in total. The Hall–Kier alpha value is -1.26.